The molecule has 0 aliphatic carbocycles. The van der Waals surface area contributed by atoms with Crippen molar-refractivity contribution in [3.05, 3.63) is 28.5 Å². The number of pyridine rings is 1. The molecule has 1 aliphatic heterocycles. The van der Waals surface area contributed by atoms with Gasteiger partial charge in [-0.1, -0.05) is 0 Å². The minimum Gasteiger partial charge on any atom is -0.372 e. The quantitative estimate of drug-likeness (QED) is 0.746. The van der Waals surface area contributed by atoms with Gasteiger partial charge in [0.05, 0.1) is 17.8 Å². The maximum Gasteiger partial charge on any atom is 0.255 e. The molecule has 4 nitrogen and oxygen atoms in total. The van der Waals surface area contributed by atoms with E-state index >= 15 is 0 Å². The zero-order chi connectivity index (χ0) is 12.4. The fourth-order valence-corrected chi connectivity index (χ4v) is 2.26. The summed E-state index contributed by atoms with van der Waals surface area (Å²) in [7, 11) is 0. The van der Waals surface area contributed by atoms with Crippen molar-refractivity contribution in [2.75, 3.05) is 13.1 Å². The molecule has 0 radical (unpaired) electrons. The minimum absolute atomic E-state index is 0.0204. The minimum atomic E-state index is 0.0204. The number of carbonyl (C=O) groups is 1. The summed E-state index contributed by atoms with van der Waals surface area (Å²) in [4.78, 5) is 18.1. The number of rotatable bonds is 1. The van der Waals surface area contributed by atoms with Crippen LogP contribution in [-0.4, -0.2) is 41.1 Å². The third kappa shape index (κ3) is 3.04. The van der Waals surface area contributed by atoms with Gasteiger partial charge in [0.25, 0.3) is 5.91 Å². The highest BCUT2D eigenvalue weighted by atomic mass is 79.9. The molecule has 0 saturated carbocycles. The molecular formula is C12H15BrN2O2. The topological polar surface area (TPSA) is 42.4 Å². The van der Waals surface area contributed by atoms with Gasteiger partial charge in [-0.25, -0.2) is 4.98 Å². The van der Waals surface area contributed by atoms with Crippen LogP contribution in [0.1, 0.15) is 24.2 Å². The highest BCUT2D eigenvalue weighted by Gasteiger charge is 2.26. The molecule has 0 aromatic carbocycles. The summed E-state index contributed by atoms with van der Waals surface area (Å²) >= 11 is 3.25. The number of morpholine rings is 1. The van der Waals surface area contributed by atoms with Crippen molar-refractivity contribution in [3.63, 3.8) is 0 Å². The van der Waals surface area contributed by atoms with E-state index in [1.54, 1.807) is 18.3 Å². The molecular weight excluding hydrogens is 284 g/mol. The lowest BCUT2D eigenvalue weighted by Gasteiger charge is -2.35. The van der Waals surface area contributed by atoms with E-state index in [9.17, 15) is 4.79 Å². The SMILES string of the molecule is CC1CN(C(=O)c2ccc(Br)nc2)CC(C)O1. The molecule has 1 amide bonds. The lowest BCUT2D eigenvalue weighted by Crippen LogP contribution is -2.48. The summed E-state index contributed by atoms with van der Waals surface area (Å²) in [5, 5.41) is 0. The molecule has 17 heavy (non-hydrogen) atoms. The van der Waals surface area contributed by atoms with E-state index in [1.165, 1.54) is 0 Å². The number of carbonyl (C=O) groups excluding carboxylic acids is 1. The van der Waals surface area contributed by atoms with E-state index in [1.807, 2.05) is 18.7 Å². The Morgan fingerprint density at radius 3 is 2.59 bits per heavy atom. The maximum atomic E-state index is 12.2. The lowest BCUT2D eigenvalue weighted by molar-refractivity contribution is -0.0586. The van der Waals surface area contributed by atoms with Crippen molar-refractivity contribution in [1.82, 2.24) is 9.88 Å². The molecule has 1 fully saturated rings. The number of nitrogens with zero attached hydrogens (tertiary/aromatic N) is 2. The molecule has 1 aliphatic rings. The van der Waals surface area contributed by atoms with Crippen molar-refractivity contribution in [1.29, 1.82) is 0 Å². The molecule has 2 rings (SSSR count). The van der Waals surface area contributed by atoms with Gasteiger partial charge < -0.3 is 9.64 Å². The second-order valence-corrected chi connectivity index (χ2v) is 5.15. The van der Waals surface area contributed by atoms with E-state index in [-0.39, 0.29) is 18.1 Å². The third-order valence-corrected chi connectivity index (χ3v) is 3.15. The second kappa shape index (κ2) is 5.14. The molecule has 2 atom stereocenters. The number of ether oxygens (including phenoxy) is 1. The summed E-state index contributed by atoms with van der Waals surface area (Å²) in [5.41, 5.74) is 0.620. The van der Waals surface area contributed by atoms with Crippen LogP contribution >= 0.6 is 15.9 Å². The summed E-state index contributed by atoms with van der Waals surface area (Å²) in [6.07, 6.45) is 1.77. The summed E-state index contributed by atoms with van der Waals surface area (Å²) in [6, 6.07) is 3.56. The Balaban J connectivity index is 2.11. The Kier molecular flexibility index (Phi) is 3.79. The average Bonchev–Trinajstić information content (AvgIpc) is 2.28. The van der Waals surface area contributed by atoms with Gasteiger partial charge >= 0.3 is 0 Å². The van der Waals surface area contributed by atoms with Crippen LogP contribution in [0.25, 0.3) is 0 Å². The smallest absolute Gasteiger partial charge is 0.255 e. The lowest BCUT2D eigenvalue weighted by atomic mass is 10.2. The maximum absolute atomic E-state index is 12.2. The Morgan fingerprint density at radius 1 is 1.41 bits per heavy atom. The van der Waals surface area contributed by atoms with Gasteiger partial charge in [0.1, 0.15) is 4.60 Å². The number of amides is 1. The molecule has 2 unspecified atom stereocenters. The normalized spacial score (nSPS) is 24.8. The fourth-order valence-electron chi connectivity index (χ4n) is 2.03. The van der Waals surface area contributed by atoms with E-state index < -0.39 is 0 Å². The van der Waals surface area contributed by atoms with Crippen LogP contribution in [0, 0.1) is 0 Å². The summed E-state index contributed by atoms with van der Waals surface area (Å²) < 4.78 is 6.34. The van der Waals surface area contributed by atoms with Crippen LogP contribution in [0.3, 0.4) is 0 Å². The van der Waals surface area contributed by atoms with Crippen molar-refractivity contribution >= 4 is 21.8 Å². The highest BCUT2D eigenvalue weighted by Crippen LogP contribution is 2.15. The average molecular weight is 299 g/mol. The molecule has 2 heterocycles. The predicted molar refractivity (Wildman–Crippen MR) is 67.8 cm³/mol. The van der Waals surface area contributed by atoms with Gasteiger partial charge in [-0.05, 0) is 41.9 Å². The van der Waals surface area contributed by atoms with E-state index in [0.717, 1.165) is 4.60 Å². The molecule has 5 heteroatoms. The summed E-state index contributed by atoms with van der Waals surface area (Å²) in [5.74, 6) is 0.0204. The predicted octanol–water partition coefficient (Wildman–Crippen LogP) is 2.09. The summed E-state index contributed by atoms with van der Waals surface area (Å²) in [6.45, 7) is 5.24. The third-order valence-electron chi connectivity index (χ3n) is 2.68. The van der Waals surface area contributed by atoms with E-state index in [2.05, 4.69) is 20.9 Å². The fraction of sp³-hybridized carbons (Fsp3) is 0.500. The van der Waals surface area contributed by atoms with Gasteiger partial charge in [0, 0.05) is 19.3 Å². The van der Waals surface area contributed by atoms with E-state index in [0.29, 0.717) is 18.7 Å². The van der Waals surface area contributed by atoms with Crippen molar-refractivity contribution in [2.45, 2.75) is 26.1 Å². The van der Waals surface area contributed by atoms with Gasteiger partial charge in [0.15, 0.2) is 0 Å². The zero-order valence-electron chi connectivity index (χ0n) is 9.89. The van der Waals surface area contributed by atoms with Gasteiger partial charge in [-0.3, -0.25) is 4.79 Å². The molecule has 1 saturated heterocycles. The first-order valence-corrected chi connectivity index (χ1v) is 6.42. The van der Waals surface area contributed by atoms with Gasteiger partial charge in [0.2, 0.25) is 0 Å². The Hall–Kier alpha value is -0.940. The van der Waals surface area contributed by atoms with Crippen molar-refractivity contribution < 1.29 is 9.53 Å². The molecule has 1 aromatic heterocycles. The van der Waals surface area contributed by atoms with Crippen molar-refractivity contribution in [2.24, 2.45) is 0 Å². The van der Waals surface area contributed by atoms with Gasteiger partial charge in [-0.2, -0.15) is 0 Å². The van der Waals surface area contributed by atoms with Crippen LogP contribution < -0.4 is 0 Å². The zero-order valence-corrected chi connectivity index (χ0v) is 11.5. The number of halogens is 1. The standard InChI is InChI=1S/C12H15BrN2O2/c1-8-6-15(7-9(2)17-8)12(16)10-3-4-11(13)14-5-10/h3-5,8-9H,6-7H2,1-2H3. The first kappa shape index (κ1) is 12.5. The van der Waals surface area contributed by atoms with Gasteiger partial charge in [-0.15, -0.1) is 0 Å². The van der Waals surface area contributed by atoms with Crippen LogP contribution in [0.15, 0.2) is 22.9 Å². The second-order valence-electron chi connectivity index (χ2n) is 4.34. The number of aromatic nitrogens is 1. The first-order valence-electron chi connectivity index (χ1n) is 5.62. The monoisotopic (exact) mass is 298 g/mol. The Morgan fingerprint density at radius 2 is 2.06 bits per heavy atom. The molecule has 0 bridgehead atoms. The molecule has 0 N–H and O–H groups in total. The molecule has 0 spiro atoms. The highest BCUT2D eigenvalue weighted by molar-refractivity contribution is 9.10. The van der Waals surface area contributed by atoms with Crippen LogP contribution in [0.2, 0.25) is 0 Å². The Labute approximate surface area is 109 Å². The van der Waals surface area contributed by atoms with E-state index in [4.69, 9.17) is 4.74 Å². The van der Waals surface area contributed by atoms with Crippen LogP contribution in [0.4, 0.5) is 0 Å². The Bertz CT molecular complexity index is 397. The first-order chi connectivity index (χ1) is 8.06. The number of hydrogen-bond donors (Lipinski definition) is 0. The molecule has 1 aromatic rings. The van der Waals surface area contributed by atoms with Crippen molar-refractivity contribution in [3.8, 4) is 0 Å². The number of hydrogen-bond acceptors (Lipinski definition) is 3. The molecule has 92 valence electrons. The van der Waals surface area contributed by atoms with Crippen LogP contribution in [-0.2, 0) is 4.74 Å². The largest absolute Gasteiger partial charge is 0.372 e. The van der Waals surface area contributed by atoms with Crippen LogP contribution in [0.5, 0.6) is 0 Å².